The summed E-state index contributed by atoms with van der Waals surface area (Å²) >= 11 is 0. The van der Waals surface area contributed by atoms with Crippen LogP contribution < -0.4 is 0 Å². The fraction of sp³-hybridized carbons (Fsp3) is 0.615. The van der Waals surface area contributed by atoms with Crippen molar-refractivity contribution in [1.29, 1.82) is 0 Å². The lowest BCUT2D eigenvalue weighted by atomic mass is 10.2. The molecule has 0 bridgehead atoms. The molecular formula is C13H20N4O4S. The molecule has 0 unspecified atom stereocenters. The van der Waals surface area contributed by atoms with E-state index in [1.54, 1.807) is 20.8 Å². The first kappa shape index (κ1) is 16.6. The van der Waals surface area contributed by atoms with E-state index in [0.717, 1.165) is 0 Å². The Morgan fingerprint density at radius 2 is 1.86 bits per heavy atom. The molecule has 0 spiro atoms. The maximum absolute atomic E-state index is 12.7. The third-order valence-electron chi connectivity index (χ3n) is 3.23. The highest BCUT2D eigenvalue weighted by atomic mass is 32.2. The van der Waals surface area contributed by atoms with Crippen molar-refractivity contribution in [1.82, 2.24) is 19.6 Å². The number of sulfonamides is 1. The van der Waals surface area contributed by atoms with Gasteiger partial charge in [0.15, 0.2) is 11.6 Å². The summed E-state index contributed by atoms with van der Waals surface area (Å²) in [6.07, 6.45) is 0. The van der Waals surface area contributed by atoms with E-state index < -0.39 is 10.0 Å². The van der Waals surface area contributed by atoms with E-state index in [2.05, 4.69) is 15.3 Å². The van der Waals surface area contributed by atoms with Crippen LogP contribution in [0.4, 0.5) is 0 Å². The summed E-state index contributed by atoms with van der Waals surface area (Å²) in [6.45, 7) is 9.08. The van der Waals surface area contributed by atoms with Gasteiger partial charge in [-0.05, 0) is 13.8 Å². The Labute approximate surface area is 129 Å². The van der Waals surface area contributed by atoms with Crippen molar-refractivity contribution in [3.05, 3.63) is 23.2 Å². The number of hydrogen-bond donors (Lipinski definition) is 0. The number of nitrogens with zero attached hydrogens (tertiary/aromatic N) is 4. The summed E-state index contributed by atoms with van der Waals surface area (Å²) in [7, 11) is -3.73. The average molecular weight is 328 g/mol. The average Bonchev–Trinajstić information content (AvgIpc) is 3.03. The summed E-state index contributed by atoms with van der Waals surface area (Å²) in [4.78, 5) is 4.31. The molecule has 0 radical (unpaired) electrons. The van der Waals surface area contributed by atoms with Crippen molar-refractivity contribution >= 4 is 10.0 Å². The normalized spacial score (nSPS) is 12.5. The van der Waals surface area contributed by atoms with E-state index in [1.165, 1.54) is 4.31 Å². The predicted molar refractivity (Wildman–Crippen MR) is 77.6 cm³/mol. The molecule has 0 aromatic carbocycles. The SMILES string of the molecule is CCN(Cc1nc(C(C)C)no1)S(=O)(=O)c1c(C)noc1C. The highest BCUT2D eigenvalue weighted by Gasteiger charge is 2.31. The fourth-order valence-electron chi connectivity index (χ4n) is 2.06. The number of aromatic nitrogens is 3. The van der Waals surface area contributed by atoms with Crippen LogP contribution in [0.15, 0.2) is 13.9 Å². The van der Waals surface area contributed by atoms with Gasteiger partial charge >= 0.3 is 0 Å². The van der Waals surface area contributed by atoms with E-state index in [-0.39, 0.29) is 35.6 Å². The Morgan fingerprint density at radius 3 is 2.32 bits per heavy atom. The van der Waals surface area contributed by atoms with E-state index in [9.17, 15) is 8.42 Å². The molecule has 2 aromatic rings. The van der Waals surface area contributed by atoms with Crippen LogP contribution in [-0.2, 0) is 16.6 Å². The molecule has 22 heavy (non-hydrogen) atoms. The summed E-state index contributed by atoms with van der Waals surface area (Å²) < 4.78 is 36.8. The first-order valence-electron chi connectivity index (χ1n) is 7.02. The Kier molecular flexibility index (Phi) is 4.66. The molecule has 0 amide bonds. The van der Waals surface area contributed by atoms with Crippen molar-refractivity contribution in [2.75, 3.05) is 6.54 Å². The van der Waals surface area contributed by atoms with Gasteiger partial charge in [-0.25, -0.2) is 8.42 Å². The van der Waals surface area contributed by atoms with Gasteiger partial charge in [0.25, 0.3) is 0 Å². The van der Waals surface area contributed by atoms with Crippen LogP contribution in [0.2, 0.25) is 0 Å². The number of rotatable bonds is 6. The van der Waals surface area contributed by atoms with E-state index in [1.807, 2.05) is 13.8 Å². The standard InChI is InChI=1S/C13H20N4O4S/c1-6-17(7-11-14-13(8(2)3)16-21-11)22(18,19)12-9(4)15-20-10(12)5/h8H,6-7H2,1-5H3. The van der Waals surface area contributed by atoms with Crippen LogP contribution in [0.3, 0.4) is 0 Å². The Balaban J connectivity index is 2.31. The molecule has 2 heterocycles. The van der Waals surface area contributed by atoms with Gasteiger partial charge in [-0.1, -0.05) is 31.1 Å². The monoisotopic (exact) mass is 328 g/mol. The summed E-state index contributed by atoms with van der Waals surface area (Å²) in [5, 5.41) is 7.55. The smallest absolute Gasteiger partial charge is 0.248 e. The topological polar surface area (TPSA) is 102 Å². The molecule has 0 N–H and O–H groups in total. The third-order valence-corrected chi connectivity index (χ3v) is 5.40. The molecule has 0 saturated heterocycles. The van der Waals surface area contributed by atoms with Crippen molar-refractivity contribution in [2.45, 2.75) is 52.0 Å². The molecule has 0 saturated carbocycles. The van der Waals surface area contributed by atoms with Crippen molar-refractivity contribution < 1.29 is 17.5 Å². The van der Waals surface area contributed by atoms with Crippen LogP contribution in [0.25, 0.3) is 0 Å². The van der Waals surface area contributed by atoms with Gasteiger partial charge in [-0.15, -0.1) is 0 Å². The summed E-state index contributed by atoms with van der Waals surface area (Å²) in [5.74, 6) is 1.21. The first-order chi connectivity index (χ1) is 10.3. The second-order valence-corrected chi connectivity index (χ2v) is 7.16. The van der Waals surface area contributed by atoms with Crippen LogP contribution >= 0.6 is 0 Å². The van der Waals surface area contributed by atoms with Crippen molar-refractivity contribution in [3.8, 4) is 0 Å². The first-order valence-corrected chi connectivity index (χ1v) is 8.46. The summed E-state index contributed by atoms with van der Waals surface area (Å²) in [6, 6.07) is 0. The van der Waals surface area contributed by atoms with Gasteiger partial charge in [-0.2, -0.15) is 9.29 Å². The molecular weight excluding hydrogens is 308 g/mol. The predicted octanol–water partition coefficient (Wildman–Crippen LogP) is 2.01. The molecule has 2 rings (SSSR count). The number of aryl methyl sites for hydroxylation is 2. The maximum atomic E-state index is 12.7. The molecule has 2 aromatic heterocycles. The second kappa shape index (κ2) is 6.17. The molecule has 0 atom stereocenters. The molecule has 0 fully saturated rings. The zero-order chi connectivity index (χ0) is 16.5. The fourth-order valence-corrected chi connectivity index (χ4v) is 3.75. The van der Waals surface area contributed by atoms with Crippen LogP contribution in [0.5, 0.6) is 0 Å². The third kappa shape index (κ3) is 3.05. The van der Waals surface area contributed by atoms with Crippen molar-refractivity contribution in [3.63, 3.8) is 0 Å². The van der Waals surface area contributed by atoms with E-state index >= 15 is 0 Å². The van der Waals surface area contributed by atoms with Gasteiger partial charge in [-0.3, -0.25) is 0 Å². The summed E-state index contributed by atoms with van der Waals surface area (Å²) in [5.41, 5.74) is 0.337. The van der Waals surface area contributed by atoms with Gasteiger partial charge in [0.05, 0.1) is 6.54 Å². The molecule has 0 aliphatic heterocycles. The van der Waals surface area contributed by atoms with Crippen LogP contribution in [0, 0.1) is 13.8 Å². The van der Waals surface area contributed by atoms with Gasteiger partial charge in [0, 0.05) is 12.5 Å². The Bertz CT molecular complexity index is 728. The molecule has 8 nitrogen and oxygen atoms in total. The lowest BCUT2D eigenvalue weighted by Gasteiger charge is -2.18. The molecule has 122 valence electrons. The zero-order valence-corrected chi connectivity index (χ0v) is 14.1. The zero-order valence-electron chi connectivity index (χ0n) is 13.3. The molecule has 0 aliphatic rings. The second-order valence-electron chi connectivity index (χ2n) is 5.29. The van der Waals surface area contributed by atoms with Gasteiger partial charge in [0.2, 0.25) is 15.9 Å². The van der Waals surface area contributed by atoms with Crippen LogP contribution in [-0.4, -0.2) is 34.6 Å². The number of hydrogen-bond acceptors (Lipinski definition) is 7. The van der Waals surface area contributed by atoms with Crippen LogP contribution in [0.1, 0.15) is 49.9 Å². The lowest BCUT2D eigenvalue weighted by Crippen LogP contribution is -2.31. The minimum Gasteiger partial charge on any atom is -0.360 e. The highest BCUT2D eigenvalue weighted by Crippen LogP contribution is 2.24. The van der Waals surface area contributed by atoms with E-state index in [0.29, 0.717) is 11.5 Å². The lowest BCUT2D eigenvalue weighted by molar-refractivity contribution is 0.318. The maximum Gasteiger partial charge on any atom is 0.248 e. The largest absolute Gasteiger partial charge is 0.360 e. The Hall–Kier alpha value is -1.74. The highest BCUT2D eigenvalue weighted by molar-refractivity contribution is 7.89. The molecule has 0 aliphatic carbocycles. The quantitative estimate of drug-likeness (QED) is 0.799. The Morgan fingerprint density at radius 1 is 1.18 bits per heavy atom. The van der Waals surface area contributed by atoms with Crippen molar-refractivity contribution in [2.24, 2.45) is 0 Å². The van der Waals surface area contributed by atoms with Gasteiger partial charge in [0.1, 0.15) is 10.6 Å². The van der Waals surface area contributed by atoms with E-state index in [4.69, 9.17) is 9.05 Å². The van der Waals surface area contributed by atoms with Gasteiger partial charge < -0.3 is 9.05 Å². The minimum absolute atomic E-state index is 0.0165. The molecule has 9 heteroatoms. The minimum atomic E-state index is -3.73.